The number of benzene rings is 2. The number of imide groups is 1. The lowest BCUT2D eigenvalue weighted by molar-refractivity contribution is -0.118. The van der Waals surface area contributed by atoms with Crippen molar-refractivity contribution in [3.05, 3.63) is 72.4 Å². The maximum absolute atomic E-state index is 11.7. The minimum atomic E-state index is -0.374. The van der Waals surface area contributed by atoms with E-state index in [9.17, 15) is 9.59 Å². The zero-order chi connectivity index (χ0) is 23.9. The van der Waals surface area contributed by atoms with E-state index >= 15 is 0 Å². The summed E-state index contributed by atoms with van der Waals surface area (Å²) in [6.07, 6.45) is 2.23. The fourth-order valence-electron chi connectivity index (χ4n) is 3.39. The lowest BCUT2D eigenvalue weighted by atomic mass is 10.1. The van der Waals surface area contributed by atoms with E-state index in [1.807, 2.05) is 72.6 Å². The molecule has 0 bridgehead atoms. The van der Waals surface area contributed by atoms with Crippen LogP contribution in [0.1, 0.15) is 5.56 Å². The molecule has 1 fully saturated rings. The number of likely N-dealkylation sites (N-methyl/N-ethyl adjacent to an activating group) is 1. The quantitative estimate of drug-likeness (QED) is 0.461. The second-order valence-electron chi connectivity index (χ2n) is 7.60. The number of hydrogen-bond donors (Lipinski definition) is 1. The van der Waals surface area contributed by atoms with E-state index in [0.29, 0.717) is 36.9 Å². The average molecular weight is 480 g/mol. The van der Waals surface area contributed by atoms with Crippen LogP contribution in [-0.2, 0) is 11.2 Å². The van der Waals surface area contributed by atoms with E-state index in [2.05, 4.69) is 10.3 Å². The van der Waals surface area contributed by atoms with Crippen molar-refractivity contribution in [2.45, 2.75) is 11.7 Å². The van der Waals surface area contributed by atoms with Gasteiger partial charge in [-0.2, -0.15) is 0 Å². The molecule has 0 aliphatic carbocycles. The zero-order valence-electron chi connectivity index (χ0n) is 18.9. The lowest BCUT2D eigenvalue weighted by Gasteiger charge is -2.21. The largest absolute Gasteiger partial charge is 0.497 e. The molecule has 1 aliphatic rings. The molecule has 4 rings (SSSR count). The standard InChI is InChI=1S/C25H25N3O5S/c1-28(23-21(4-3-13-26-23)33-20-11-9-18(31-2)10-12-20)14-15-32-19-7-5-17(6-8-19)16-22-24(29)27-25(30)34-22/h3-13,22H,14-16H2,1-2H3,(H,27,29,30). The lowest BCUT2D eigenvalue weighted by Crippen LogP contribution is -2.25. The summed E-state index contributed by atoms with van der Waals surface area (Å²) in [5, 5.41) is 1.65. The van der Waals surface area contributed by atoms with Crippen LogP contribution < -0.4 is 24.4 Å². The van der Waals surface area contributed by atoms with Crippen molar-refractivity contribution in [1.29, 1.82) is 0 Å². The smallest absolute Gasteiger partial charge is 0.286 e. The van der Waals surface area contributed by atoms with E-state index in [4.69, 9.17) is 14.2 Å². The highest BCUT2D eigenvalue weighted by molar-refractivity contribution is 8.15. The Balaban J connectivity index is 1.29. The van der Waals surface area contributed by atoms with Gasteiger partial charge in [0, 0.05) is 13.2 Å². The van der Waals surface area contributed by atoms with Crippen LogP contribution in [0.3, 0.4) is 0 Å². The van der Waals surface area contributed by atoms with Crippen molar-refractivity contribution in [3.63, 3.8) is 0 Å². The molecule has 1 N–H and O–H groups in total. The Labute approximate surface area is 202 Å². The number of carbonyl (C=O) groups is 2. The molecule has 0 radical (unpaired) electrons. The van der Waals surface area contributed by atoms with Crippen LogP contribution >= 0.6 is 11.8 Å². The van der Waals surface area contributed by atoms with Crippen LogP contribution in [0.25, 0.3) is 0 Å². The summed E-state index contributed by atoms with van der Waals surface area (Å²) in [5.74, 6) is 3.30. The van der Waals surface area contributed by atoms with Gasteiger partial charge in [-0.3, -0.25) is 14.9 Å². The van der Waals surface area contributed by atoms with Gasteiger partial charge in [0.25, 0.3) is 5.24 Å². The van der Waals surface area contributed by atoms with Crippen LogP contribution in [0, 0.1) is 0 Å². The van der Waals surface area contributed by atoms with Gasteiger partial charge in [-0.25, -0.2) is 4.98 Å². The average Bonchev–Trinajstić information content (AvgIpc) is 3.17. The Kier molecular flexibility index (Phi) is 7.54. The molecule has 2 amide bonds. The number of thioether (sulfide) groups is 1. The predicted molar refractivity (Wildman–Crippen MR) is 131 cm³/mol. The number of carbonyl (C=O) groups excluding carboxylic acids is 2. The van der Waals surface area contributed by atoms with Gasteiger partial charge in [-0.05, 0) is 60.5 Å². The van der Waals surface area contributed by atoms with Gasteiger partial charge in [-0.15, -0.1) is 0 Å². The van der Waals surface area contributed by atoms with Gasteiger partial charge >= 0.3 is 0 Å². The van der Waals surface area contributed by atoms with Gasteiger partial charge in [0.05, 0.1) is 18.9 Å². The number of ether oxygens (including phenoxy) is 3. The van der Waals surface area contributed by atoms with E-state index in [-0.39, 0.29) is 16.4 Å². The minimum Gasteiger partial charge on any atom is -0.497 e. The van der Waals surface area contributed by atoms with Crippen LogP contribution in [0.2, 0.25) is 0 Å². The van der Waals surface area contributed by atoms with Crippen LogP contribution in [0.5, 0.6) is 23.0 Å². The molecule has 1 atom stereocenters. The van der Waals surface area contributed by atoms with Crippen molar-refractivity contribution >= 4 is 28.7 Å². The Morgan fingerprint density at radius 1 is 1.00 bits per heavy atom. The molecule has 1 aromatic heterocycles. The van der Waals surface area contributed by atoms with E-state index in [1.54, 1.807) is 13.3 Å². The number of pyridine rings is 1. The molecule has 0 saturated carbocycles. The van der Waals surface area contributed by atoms with Gasteiger partial charge in [0.2, 0.25) is 5.91 Å². The third kappa shape index (κ3) is 5.99. The highest BCUT2D eigenvalue weighted by atomic mass is 32.2. The van der Waals surface area contributed by atoms with Crippen molar-refractivity contribution in [2.75, 3.05) is 32.2 Å². The zero-order valence-corrected chi connectivity index (χ0v) is 19.7. The number of methoxy groups -OCH3 is 1. The number of nitrogens with zero attached hydrogens (tertiary/aromatic N) is 2. The van der Waals surface area contributed by atoms with E-state index < -0.39 is 0 Å². The van der Waals surface area contributed by atoms with Crippen molar-refractivity contribution in [1.82, 2.24) is 10.3 Å². The summed E-state index contributed by atoms with van der Waals surface area (Å²) in [5.41, 5.74) is 0.973. The summed E-state index contributed by atoms with van der Waals surface area (Å²) < 4.78 is 17.1. The van der Waals surface area contributed by atoms with Gasteiger partial charge in [0.1, 0.15) is 23.9 Å². The van der Waals surface area contributed by atoms with Crippen LogP contribution in [0.4, 0.5) is 10.6 Å². The second-order valence-corrected chi connectivity index (χ2v) is 8.78. The number of nitrogens with one attached hydrogen (secondary N) is 1. The first kappa shape index (κ1) is 23.4. The molecule has 0 spiro atoms. The molecule has 8 nitrogen and oxygen atoms in total. The molecular weight excluding hydrogens is 454 g/mol. The van der Waals surface area contributed by atoms with Crippen molar-refractivity contribution in [2.24, 2.45) is 0 Å². The fourth-order valence-corrected chi connectivity index (χ4v) is 4.25. The second kappa shape index (κ2) is 10.9. The molecule has 2 aromatic carbocycles. The third-order valence-electron chi connectivity index (χ3n) is 5.21. The molecular formula is C25H25N3O5S. The summed E-state index contributed by atoms with van der Waals surface area (Å²) in [6.45, 7) is 1.04. The molecule has 1 unspecified atom stereocenters. The Morgan fingerprint density at radius 2 is 1.71 bits per heavy atom. The number of hydrogen-bond acceptors (Lipinski definition) is 8. The fraction of sp³-hybridized carbons (Fsp3) is 0.240. The SMILES string of the molecule is COc1ccc(Oc2cccnc2N(C)CCOc2ccc(CC3SC(=O)NC3=O)cc2)cc1. The molecule has 3 aromatic rings. The number of anilines is 1. The molecule has 1 saturated heterocycles. The Bertz CT molecular complexity index is 1140. The number of aromatic nitrogens is 1. The molecule has 9 heteroatoms. The van der Waals surface area contributed by atoms with Gasteiger partial charge < -0.3 is 19.1 Å². The van der Waals surface area contributed by atoms with Crippen LogP contribution in [0.15, 0.2) is 66.9 Å². The monoisotopic (exact) mass is 479 g/mol. The maximum Gasteiger partial charge on any atom is 0.286 e. The number of amides is 2. The topological polar surface area (TPSA) is 90.0 Å². The molecule has 176 valence electrons. The van der Waals surface area contributed by atoms with Crippen molar-refractivity contribution in [3.8, 4) is 23.0 Å². The van der Waals surface area contributed by atoms with Crippen molar-refractivity contribution < 1.29 is 23.8 Å². The summed E-state index contributed by atoms with van der Waals surface area (Å²) >= 11 is 1.03. The number of rotatable bonds is 10. The molecule has 1 aliphatic heterocycles. The van der Waals surface area contributed by atoms with Crippen LogP contribution in [-0.4, -0.2) is 48.7 Å². The summed E-state index contributed by atoms with van der Waals surface area (Å²) in [6, 6.07) is 18.6. The highest BCUT2D eigenvalue weighted by Crippen LogP contribution is 2.30. The first-order valence-electron chi connectivity index (χ1n) is 10.7. The first-order chi connectivity index (χ1) is 16.5. The molecule has 2 heterocycles. The third-order valence-corrected chi connectivity index (χ3v) is 6.19. The molecule has 34 heavy (non-hydrogen) atoms. The van der Waals surface area contributed by atoms with Gasteiger partial charge in [-0.1, -0.05) is 23.9 Å². The van der Waals surface area contributed by atoms with E-state index in [1.165, 1.54) is 0 Å². The van der Waals surface area contributed by atoms with Gasteiger partial charge in [0.15, 0.2) is 11.6 Å². The maximum atomic E-state index is 11.7. The normalized spacial score (nSPS) is 15.1. The Morgan fingerprint density at radius 3 is 2.38 bits per heavy atom. The summed E-state index contributed by atoms with van der Waals surface area (Å²) in [4.78, 5) is 29.5. The predicted octanol–water partition coefficient (Wildman–Crippen LogP) is 4.29. The Hall–Kier alpha value is -3.72. The summed E-state index contributed by atoms with van der Waals surface area (Å²) in [7, 11) is 3.56. The first-order valence-corrected chi connectivity index (χ1v) is 11.6. The highest BCUT2D eigenvalue weighted by Gasteiger charge is 2.31. The minimum absolute atomic E-state index is 0.233. The van der Waals surface area contributed by atoms with E-state index in [0.717, 1.165) is 28.8 Å².